The van der Waals surface area contributed by atoms with Gasteiger partial charge in [0.1, 0.15) is 10.6 Å². The first-order valence-corrected chi connectivity index (χ1v) is 10.9. The zero-order chi connectivity index (χ0) is 20.5. The molecule has 3 heterocycles. The molecule has 1 aliphatic rings. The third kappa shape index (κ3) is 3.79. The van der Waals surface area contributed by atoms with Gasteiger partial charge in [0.25, 0.3) is 0 Å². The van der Waals surface area contributed by atoms with Crippen molar-refractivity contribution in [3.63, 3.8) is 0 Å². The van der Waals surface area contributed by atoms with Crippen LogP contribution in [-0.4, -0.2) is 21.2 Å². The van der Waals surface area contributed by atoms with Gasteiger partial charge >= 0.3 is 0 Å². The molecule has 0 saturated heterocycles. The lowest BCUT2D eigenvalue weighted by Crippen LogP contribution is -2.06. The number of rotatable bonds is 5. The lowest BCUT2D eigenvalue weighted by Gasteiger charge is -2.12. The number of aromatic amines is 1. The minimum absolute atomic E-state index is 0.224. The third-order valence-corrected chi connectivity index (χ3v) is 6.15. The Balaban J connectivity index is 0.000000994. The molecular weight excluding hydrogens is 385 g/mol. The number of nitrogens with one attached hydrogen (secondary N) is 3. The van der Waals surface area contributed by atoms with Gasteiger partial charge in [-0.1, -0.05) is 26.0 Å². The molecule has 7 heteroatoms. The number of anilines is 2. The minimum Gasteiger partial charge on any atom is -0.381 e. The Kier molecular flexibility index (Phi) is 5.41. The van der Waals surface area contributed by atoms with E-state index in [4.69, 9.17) is 4.98 Å². The second-order valence-electron chi connectivity index (χ2n) is 7.15. The van der Waals surface area contributed by atoms with Crippen molar-refractivity contribution in [3.05, 3.63) is 46.9 Å². The van der Waals surface area contributed by atoms with Crippen molar-refractivity contribution in [1.82, 2.24) is 15.2 Å². The van der Waals surface area contributed by atoms with Crippen LogP contribution in [0.2, 0.25) is 0 Å². The van der Waals surface area contributed by atoms with Gasteiger partial charge in [0.2, 0.25) is 0 Å². The Morgan fingerprint density at radius 3 is 2.59 bits per heavy atom. The predicted octanol–water partition coefficient (Wildman–Crippen LogP) is 6.14. The maximum Gasteiger partial charge on any atom is 0.166 e. The summed E-state index contributed by atoms with van der Waals surface area (Å²) < 4.78 is 14.1. The van der Waals surface area contributed by atoms with Gasteiger partial charge in [0.05, 0.1) is 21.6 Å². The number of benzene rings is 1. The zero-order valence-corrected chi connectivity index (χ0v) is 18.0. The van der Waals surface area contributed by atoms with Crippen LogP contribution in [0.5, 0.6) is 0 Å². The monoisotopic (exact) mass is 411 g/mol. The maximum absolute atomic E-state index is 13.1. The number of fused-ring (bicyclic) bond motifs is 3. The summed E-state index contributed by atoms with van der Waals surface area (Å²) in [4.78, 5) is 5.86. The van der Waals surface area contributed by atoms with E-state index in [1.807, 2.05) is 13.8 Å². The van der Waals surface area contributed by atoms with Crippen molar-refractivity contribution < 1.29 is 4.39 Å². The summed E-state index contributed by atoms with van der Waals surface area (Å²) in [5, 5.41) is 15.8. The molecule has 152 valence electrons. The van der Waals surface area contributed by atoms with E-state index in [1.54, 1.807) is 23.5 Å². The topological polar surface area (TPSA) is 65.6 Å². The van der Waals surface area contributed by atoms with Crippen molar-refractivity contribution in [2.75, 3.05) is 10.6 Å². The molecule has 0 bridgehead atoms. The molecule has 0 radical (unpaired) electrons. The minimum atomic E-state index is -0.224. The highest BCUT2D eigenvalue weighted by Crippen LogP contribution is 2.41. The molecule has 5 nitrogen and oxygen atoms in total. The summed E-state index contributed by atoms with van der Waals surface area (Å²) in [6, 6.07) is 7.09. The van der Waals surface area contributed by atoms with Crippen LogP contribution in [0.3, 0.4) is 0 Å². The van der Waals surface area contributed by atoms with E-state index in [1.165, 1.54) is 30.5 Å². The first-order valence-electron chi connectivity index (χ1n) is 10.1. The highest BCUT2D eigenvalue weighted by molar-refractivity contribution is 7.26. The van der Waals surface area contributed by atoms with Crippen LogP contribution in [0.4, 0.5) is 15.9 Å². The van der Waals surface area contributed by atoms with E-state index in [0.29, 0.717) is 12.6 Å². The highest BCUT2D eigenvalue weighted by Gasteiger charge is 2.24. The van der Waals surface area contributed by atoms with E-state index in [-0.39, 0.29) is 5.82 Å². The van der Waals surface area contributed by atoms with Gasteiger partial charge in [0.15, 0.2) is 5.82 Å². The smallest absolute Gasteiger partial charge is 0.166 e. The molecule has 1 saturated carbocycles. The number of hydrogen-bond donors (Lipinski definition) is 3. The number of hydrogen-bond acceptors (Lipinski definition) is 5. The first kappa shape index (κ1) is 19.6. The van der Waals surface area contributed by atoms with Gasteiger partial charge < -0.3 is 10.6 Å². The summed E-state index contributed by atoms with van der Waals surface area (Å²) in [6.45, 7) is 8.81. The van der Waals surface area contributed by atoms with Gasteiger partial charge in [-0.3, -0.25) is 5.10 Å². The number of H-pyrrole nitrogens is 1. The van der Waals surface area contributed by atoms with Gasteiger partial charge in [0, 0.05) is 18.0 Å². The molecule has 1 fully saturated rings. The van der Waals surface area contributed by atoms with E-state index >= 15 is 0 Å². The van der Waals surface area contributed by atoms with Gasteiger partial charge in [-0.05, 0) is 49.9 Å². The summed E-state index contributed by atoms with van der Waals surface area (Å²) in [5.74, 6) is 0.587. The van der Waals surface area contributed by atoms with E-state index in [0.717, 1.165) is 43.2 Å². The fourth-order valence-corrected chi connectivity index (χ4v) is 4.64. The zero-order valence-electron chi connectivity index (χ0n) is 17.2. The van der Waals surface area contributed by atoms with Crippen LogP contribution in [0.15, 0.2) is 24.3 Å². The number of nitrogens with zero attached hydrogens (tertiary/aromatic N) is 2. The molecule has 0 amide bonds. The molecule has 3 N–H and O–H groups in total. The van der Waals surface area contributed by atoms with E-state index in [9.17, 15) is 4.39 Å². The quantitative estimate of drug-likeness (QED) is 0.369. The fourth-order valence-electron chi connectivity index (χ4n) is 3.44. The van der Waals surface area contributed by atoms with Crippen LogP contribution in [0.25, 0.3) is 20.4 Å². The predicted molar refractivity (Wildman–Crippen MR) is 120 cm³/mol. The normalized spacial score (nSPS) is 13.4. The Morgan fingerprint density at radius 1 is 1.17 bits per heavy atom. The number of aryl methyl sites for hydroxylation is 2. The van der Waals surface area contributed by atoms with Crippen LogP contribution in [0.1, 0.15) is 43.5 Å². The first-order chi connectivity index (χ1) is 14.1. The maximum atomic E-state index is 13.1. The van der Waals surface area contributed by atoms with Crippen molar-refractivity contribution >= 4 is 43.3 Å². The third-order valence-electron chi connectivity index (χ3n) is 5.06. The summed E-state index contributed by atoms with van der Waals surface area (Å²) in [6.07, 6.45) is 2.47. The molecule has 4 aromatic rings. The second kappa shape index (κ2) is 7.99. The highest BCUT2D eigenvalue weighted by atomic mass is 32.1. The second-order valence-corrected chi connectivity index (χ2v) is 8.15. The molecule has 0 spiro atoms. The average molecular weight is 412 g/mol. The molecule has 0 aliphatic heterocycles. The molecule has 0 unspecified atom stereocenters. The van der Waals surface area contributed by atoms with Crippen molar-refractivity contribution in [2.24, 2.45) is 0 Å². The van der Waals surface area contributed by atoms with Crippen molar-refractivity contribution in [1.29, 1.82) is 0 Å². The van der Waals surface area contributed by atoms with Gasteiger partial charge in [-0.25, -0.2) is 9.37 Å². The lowest BCUT2D eigenvalue weighted by atomic mass is 10.1. The number of pyridine rings is 1. The number of halogens is 1. The van der Waals surface area contributed by atoms with E-state index < -0.39 is 0 Å². The Hall–Kier alpha value is -2.67. The van der Waals surface area contributed by atoms with Crippen molar-refractivity contribution in [3.8, 4) is 0 Å². The Labute approximate surface area is 173 Å². The fraction of sp³-hybridized carbons (Fsp3) is 0.364. The summed E-state index contributed by atoms with van der Waals surface area (Å²) in [7, 11) is 0. The lowest BCUT2D eigenvalue weighted by molar-refractivity contribution is 0.627. The van der Waals surface area contributed by atoms with Gasteiger partial charge in [-0.15, -0.1) is 11.3 Å². The van der Waals surface area contributed by atoms with Crippen LogP contribution in [-0.2, 0) is 6.54 Å². The number of aromatic nitrogens is 3. The summed E-state index contributed by atoms with van der Waals surface area (Å²) in [5.41, 5.74) is 5.46. The molecule has 29 heavy (non-hydrogen) atoms. The van der Waals surface area contributed by atoms with Crippen molar-refractivity contribution in [2.45, 2.75) is 53.1 Å². The van der Waals surface area contributed by atoms with Crippen LogP contribution < -0.4 is 10.6 Å². The Bertz CT molecular complexity index is 1140. The molecule has 5 rings (SSSR count). The Morgan fingerprint density at radius 2 is 1.90 bits per heavy atom. The van der Waals surface area contributed by atoms with Crippen LogP contribution >= 0.6 is 11.3 Å². The largest absolute Gasteiger partial charge is 0.381 e. The van der Waals surface area contributed by atoms with Crippen LogP contribution in [0, 0.1) is 19.7 Å². The standard InChI is InChI=1S/C20H20FN5S.C2H6/c1-10-15-17-18(27-20(15)23-11(2)16(10)24-14-7-8-14)19(26-25-17)22-9-12-3-5-13(21)6-4-12;1-2/h3-6,14,24H,7-9H2,1-2H3,(H2,22,25,26);1-2H3. The average Bonchev–Trinajstić information content (AvgIpc) is 3.36. The van der Waals surface area contributed by atoms with E-state index in [2.05, 4.69) is 34.7 Å². The molecule has 3 aromatic heterocycles. The molecule has 1 aliphatic carbocycles. The molecule has 1 aromatic carbocycles. The molecular formula is C22H26FN5S. The molecule has 0 atom stereocenters. The van der Waals surface area contributed by atoms with Gasteiger partial charge in [-0.2, -0.15) is 5.10 Å². The summed E-state index contributed by atoms with van der Waals surface area (Å²) >= 11 is 1.65. The SMILES string of the molecule is CC.Cc1nc2sc3c(NCc4ccc(F)cc4)n[nH]c3c2c(C)c1NC1CC1. The number of thiophene rings is 1.